The summed E-state index contributed by atoms with van der Waals surface area (Å²) in [6.45, 7) is 58.0. The van der Waals surface area contributed by atoms with Crippen LogP contribution in [0.25, 0.3) is 10.9 Å². The molecule has 0 amide bonds. The first kappa shape index (κ1) is 115. The highest BCUT2D eigenvalue weighted by molar-refractivity contribution is 6.74. The van der Waals surface area contributed by atoms with Gasteiger partial charge in [-0.3, -0.25) is 14.3 Å². The molecule has 0 spiro atoms. The van der Waals surface area contributed by atoms with Crippen molar-refractivity contribution in [3.63, 3.8) is 0 Å². The molecule has 0 aliphatic carbocycles. The van der Waals surface area contributed by atoms with Gasteiger partial charge in [0.2, 0.25) is 11.7 Å². The Kier molecular flexibility index (Phi) is 44.4. The summed E-state index contributed by atoms with van der Waals surface area (Å²) >= 11 is 0. The Hall–Kier alpha value is -10.8. The first-order valence-electron chi connectivity index (χ1n) is 44.1. The fraction of sp³-hybridized carbons (Fsp3) is 0.525. The van der Waals surface area contributed by atoms with Gasteiger partial charge in [0.05, 0.1) is 94.4 Å². The van der Waals surface area contributed by atoms with Gasteiger partial charge in [-0.25, -0.2) is 9.97 Å². The summed E-state index contributed by atoms with van der Waals surface area (Å²) < 4.78 is 137. The topological polar surface area (TPSA) is 249 Å². The Bertz CT molecular complexity index is 4910. The van der Waals surface area contributed by atoms with Gasteiger partial charge in [-0.2, -0.15) is 4.98 Å². The minimum atomic E-state index is -4.75. The monoisotopic (exact) mass is 1880 g/mol. The van der Waals surface area contributed by atoms with Gasteiger partial charge in [0.25, 0.3) is 5.56 Å². The van der Waals surface area contributed by atoms with Crippen LogP contribution in [-0.2, 0) is 24.1 Å². The Balaban J connectivity index is 0.000000337. The molecule has 2 heterocycles. The summed E-state index contributed by atoms with van der Waals surface area (Å²) in [5, 5.41) is 23.3. The number of aromatic nitrogens is 4. The molecule has 0 fully saturated rings. The van der Waals surface area contributed by atoms with Crippen LogP contribution >= 0.6 is 0 Å². The lowest BCUT2D eigenvalue weighted by Gasteiger charge is -2.38. The highest BCUT2D eigenvalue weighted by Crippen LogP contribution is 2.42. The second-order valence-corrected chi connectivity index (χ2v) is 44.7. The molecule has 0 saturated carbocycles. The van der Waals surface area contributed by atoms with E-state index in [2.05, 4.69) is 205 Å². The van der Waals surface area contributed by atoms with Crippen molar-refractivity contribution in [2.24, 2.45) is 21.7 Å². The van der Waals surface area contributed by atoms with Crippen molar-refractivity contribution in [2.45, 2.75) is 207 Å². The Labute approximate surface area is 787 Å². The molecule has 740 valence electrons. The van der Waals surface area contributed by atoms with E-state index in [4.69, 9.17) is 47.1 Å². The van der Waals surface area contributed by atoms with Gasteiger partial charge in [0.1, 0.15) is 17.3 Å². The highest BCUT2D eigenvalue weighted by atomic mass is 28.4. The van der Waals surface area contributed by atoms with Crippen LogP contribution in [0.2, 0.25) is 18.1 Å². The molecular weight excluding hydrogens is 1730 g/mol. The van der Waals surface area contributed by atoms with E-state index >= 15 is 0 Å². The standard InChI is InChI=1S/C21H39NO3Si.C20H21F6NO2.C17H24N4O2.C15H25NO3.C14H19N3O.C14H23NO3/c1-20(2,3)16-22(13-14-25-26(9,10)21(4,5)6)17-11-12-18(23-7)19(15-17)24-8;1-18(2,3)27(12-14-4-8-16(9-5-14)28-19(21,22)23)13-15-6-10-17(11-7-15)29-20(24,25)26;1-17(2,3)11-19-16-18-9-8-15(21-16)20-12-6-7-13(22-4)14(10-12)23-5;1-15(2,3)11-16(8-9-17)12-6-7-13(18-4)14(10-12)19-5;1-14(2,3)16-8-9-17-10-15-12-7-5-4-6-11(12)13(17)18;1-14(2,3)9-15-10-7-11(16-4)13(18-6)12(8-10)17-5/h11-12,15H,13-14,16H2,1-10H3;4-11H,12-13H2,1-3H3;6-10H,11H2,1-5H3,(H2,18,19,20,21);6-7,10,17H,8-9,11H2,1-5H3;4-7,10,16H,8-9H2,1-3H3;7-8,15H,9H2,1-6H3. The van der Waals surface area contributed by atoms with E-state index < -0.39 is 21.0 Å². The average molecular weight is 1890 g/mol. The van der Waals surface area contributed by atoms with Gasteiger partial charge < -0.3 is 92.7 Å². The molecule has 0 aliphatic rings. The van der Waals surface area contributed by atoms with Gasteiger partial charge in [0, 0.05) is 136 Å². The molecule has 0 atom stereocenters. The Morgan fingerprint density at radius 3 is 1.29 bits per heavy atom. The normalized spacial score (nSPS) is 11.9. The fourth-order valence-electron chi connectivity index (χ4n) is 12.4. The minimum absolute atomic E-state index is 0.0244. The SMILES string of the molecule is CC(C)(C)N(Cc1ccc(OC(F)(F)F)cc1)Cc1ccc(OC(F)(F)F)cc1.CC(C)(C)NCCn1cnc2ccccc2c1=O.COc1cc(NCC(C)(C)C)cc(OC)c1OC.COc1ccc(N(CCO)CC(C)(C)C)cc1OC.COc1ccc(N(CCO[Si](C)(C)C(C)(C)C)CC(C)(C)C)cc1OC.COc1ccc(Nc2ccnc(NCC(C)(C)C)n2)cc1OC. The van der Waals surface area contributed by atoms with Gasteiger partial charge >= 0.3 is 12.7 Å². The zero-order valence-corrected chi connectivity index (χ0v) is 85.6. The number of methoxy groups -OCH3 is 9. The summed E-state index contributed by atoms with van der Waals surface area (Å²) in [6, 6.07) is 41.8. The summed E-state index contributed by atoms with van der Waals surface area (Å²) in [5.41, 5.74) is 6.77. The maximum Gasteiger partial charge on any atom is 0.573 e. The molecular formula is C101H151F6N11O14Si. The number of nitrogens with zero attached hydrogens (tertiary/aromatic N) is 7. The van der Waals surface area contributed by atoms with Gasteiger partial charge in [0.15, 0.2) is 54.3 Å². The number of halogens is 6. The molecule has 133 heavy (non-hydrogen) atoms. The van der Waals surface area contributed by atoms with Gasteiger partial charge in [-0.15, -0.1) is 26.3 Å². The zero-order valence-electron chi connectivity index (χ0n) is 84.6. The number of aliphatic hydroxyl groups is 1. The largest absolute Gasteiger partial charge is 0.573 e. The van der Waals surface area contributed by atoms with E-state index in [1.807, 2.05) is 111 Å². The number of rotatable bonds is 34. The van der Waals surface area contributed by atoms with Crippen molar-refractivity contribution in [2.75, 3.05) is 149 Å². The number of fused-ring (bicyclic) bond motifs is 1. The van der Waals surface area contributed by atoms with Crippen molar-refractivity contribution < 1.29 is 88.0 Å². The molecule has 9 rings (SSSR count). The number of benzene rings is 7. The molecule has 0 unspecified atom stereocenters. The maximum absolute atomic E-state index is 12.3. The predicted octanol–water partition coefficient (Wildman–Crippen LogP) is 23.1. The third-order valence-electron chi connectivity index (χ3n) is 20.1. The first-order chi connectivity index (χ1) is 61.7. The van der Waals surface area contributed by atoms with Crippen molar-refractivity contribution in [1.82, 2.24) is 29.7 Å². The molecule has 32 heteroatoms. The number of anilines is 6. The van der Waals surface area contributed by atoms with Gasteiger partial charge in [-0.1, -0.05) is 140 Å². The summed E-state index contributed by atoms with van der Waals surface area (Å²) in [7, 11) is 12.9. The number of para-hydroxylation sites is 1. The van der Waals surface area contributed by atoms with Crippen LogP contribution in [0, 0.1) is 21.7 Å². The van der Waals surface area contributed by atoms with Crippen LogP contribution in [0.5, 0.6) is 63.2 Å². The second kappa shape index (κ2) is 51.6. The molecule has 25 nitrogen and oxygen atoms in total. The third-order valence-corrected chi connectivity index (χ3v) is 24.7. The zero-order chi connectivity index (χ0) is 100. The quantitative estimate of drug-likeness (QED) is 0.0186. The van der Waals surface area contributed by atoms with Gasteiger partial charge in [-0.05, 0) is 171 Å². The predicted molar refractivity (Wildman–Crippen MR) is 529 cm³/mol. The fourth-order valence-corrected chi connectivity index (χ4v) is 13.4. The van der Waals surface area contributed by atoms with Crippen molar-refractivity contribution >= 4 is 53.7 Å². The van der Waals surface area contributed by atoms with Crippen LogP contribution in [-0.4, -0.2) is 185 Å². The van der Waals surface area contributed by atoms with Crippen molar-refractivity contribution in [3.05, 3.63) is 180 Å². The third kappa shape index (κ3) is 43.0. The van der Waals surface area contributed by atoms with E-state index in [9.17, 15) is 36.2 Å². The number of aliphatic hydroxyl groups excluding tert-OH is 1. The lowest BCUT2D eigenvalue weighted by atomic mass is 9.95. The molecule has 2 aromatic heterocycles. The summed E-state index contributed by atoms with van der Waals surface area (Å²) in [6.07, 6.45) is -6.15. The lowest BCUT2D eigenvalue weighted by molar-refractivity contribution is -0.275. The average Bonchev–Trinajstić information content (AvgIpc) is 0.949. The molecule has 0 aliphatic heterocycles. The Morgan fingerprint density at radius 2 is 0.887 bits per heavy atom. The summed E-state index contributed by atoms with van der Waals surface area (Å²) in [4.78, 5) is 31.8. The van der Waals surface area contributed by atoms with Crippen LogP contribution < -0.4 is 88.7 Å². The van der Waals surface area contributed by atoms with Crippen molar-refractivity contribution in [3.8, 4) is 63.2 Å². The van der Waals surface area contributed by atoms with E-state index in [0.29, 0.717) is 83.6 Å². The number of alkyl halides is 6. The van der Waals surface area contributed by atoms with E-state index in [1.165, 1.54) is 24.3 Å². The van der Waals surface area contributed by atoms with E-state index in [-0.39, 0.29) is 61.4 Å². The number of nitrogens with one attached hydrogen (secondary N) is 4. The van der Waals surface area contributed by atoms with Crippen LogP contribution in [0.15, 0.2) is 163 Å². The second-order valence-electron chi connectivity index (χ2n) is 39.9. The molecule has 9 aromatic rings. The molecule has 7 aromatic carbocycles. The van der Waals surface area contributed by atoms with E-state index in [1.54, 1.807) is 105 Å². The Morgan fingerprint density at radius 1 is 0.459 bits per heavy atom. The van der Waals surface area contributed by atoms with Crippen LogP contribution in [0.4, 0.5) is 60.9 Å². The molecule has 5 N–H and O–H groups in total. The number of ether oxygens (including phenoxy) is 11. The molecule has 0 bridgehead atoms. The summed E-state index contributed by atoms with van der Waals surface area (Å²) in [5.74, 6) is 6.93. The smallest absolute Gasteiger partial charge is 0.493 e. The van der Waals surface area contributed by atoms with Crippen molar-refractivity contribution in [1.29, 1.82) is 0 Å². The highest BCUT2D eigenvalue weighted by Gasteiger charge is 2.38. The number of hydrogen-bond donors (Lipinski definition) is 5. The minimum Gasteiger partial charge on any atom is -0.493 e. The maximum atomic E-state index is 12.3. The van der Waals surface area contributed by atoms with E-state index in [0.717, 1.165) is 96.8 Å². The number of hydrogen-bond acceptors (Lipinski definition) is 24. The van der Waals surface area contributed by atoms with Crippen LogP contribution in [0.3, 0.4) is 0 Å². The lowest BCUT2D eigenvalue weighted by Crippen LogP contribution is -2.43. The first-order valence-corrected chi connectivity index (χ1v) is 47.1. The van der Waals surface area contributed by atoms with Crippen LogP contribution in [0.1, 0.15) is 157 Å². The molecule has 0 radical (unpaired) electrons. The molecule has 0 saturated heterocycles.